The quantitative estimate of drug-likeness (QED) is 0.349. The highest BCUT2D eigenvalue weighted by Gasteiger charge is 2.24. The van der Waals surface area contributed by atoms with Gasteiger partial charge < -0.3 is 9.05 Å². The summed E-state index contributed by atoms with van der Waals surface area (Å²) < 4.78 is 20.9. The molecule has 15 heavy (non-hydrogen) atoms. The topological polar surface area (TPSA) is 52.6 Å². The van der Waals surface area contributed by atoms with E-state index in [1.54, 1.807) is 0 Å². The fourth-order valence-electron chi connectivity index (χ4n) is 1.11. The fraction of sp³-hybridized carbons (Fsp3) is 0.700. The molecule has 0 aromatic heterocycles. The Bertz CT molecular complexity index is 242. The lowest BCUT2D eigenvalue weighted by atomic mass is 10.1. The number of Topliss-reactive ketones (excluding diaryl/α,β-unsaturated/α-hetero) is 1. The predicted molar refractivity (Wildman–Crippen MR) is 60.2 cm³/mol. The van der Waals surface area contributed by atoms with Crippen LogP contribution < -0.4 is 0 Å². The van der Waals surface area contributed by atoms with E-state index in [9.17, 15) is 9.36 Å². The molecule has 88 valence electrons. The zero-order valence-corrected chi connectivity index (χ0v) is 10.3. The SMILES string of the molecule is C=CCCCCC(=O)CP(=O)(OC)OC. The van der Waals surface area contributed by atoms with Crippen molar-refractivity contribution >= 4 is 13.4 Å². The van der Waals surface area contributed by atoms with Crippen LogP contribution in [0.15, 0.2) is 12.7 Å². The minimum Gasteiger partial charge on any atom is -0.312 e. The van der Waals surface area contributed by atoms with E-state index in [4.69, 9.17) is 0 Å². The van der Waals surface area contributed by atoms with Gasteiger partial charge in [-0.15, -0.1) is 6.58 Å². The molecule has 0 bridgehead atoms. The molecule has 0 rings (SSSR count). The Hall–Kier alpha value is -0.440. The lowest BCUT2D eigenvalue weighted by Crippen LogP contribution is -2.07. The number of hydrogen-bond donors (Lipinski definition) is 0. The maximum absolute atomic E-state index is 11.6. The Labute approximate surface area is 91.2 Å². The average molecular weight is 234 g/mol. The Balaban J connectivity index is 3.82. The number of rotatable bonds is 9. The number of hydrogen-bond acceptors (Lipinski definition) is 4. The highest BCUT2D eigenvalue weighted by atomic mass is 31.2. The first-order valence-corrected chi connectivity index (χ1v) is 6.64. The molecule has 0 amide bonds. The summed E-state index contributed by atoms with van der Waals surface area (Å²) in [4.78, 5) is 11.4. The summed E-state index contributed by atoms with van der Waals surface area (Å²) in [5.74, 6) is -0.0777. The molecule has 0 saturated carbocycles. The molecule has 0 spiro atoms. The van der Waals surface area contributed by atoms with Gasteiger partial charge in [0.05, 0.1) is 0 Å². The minimum absolute atomic E-state index is 0.0777. The van der Waals surface area contributed by atoms with Crippen molar-refractivity contribution in [3.63, 3.8) is 0 Å². The largest absolute Gasteiger partial charge is 0.337 e. The van der Waals surface area contributed by atoms with Gasteiger partial charge in [0, 0.05) is 20.6 Å². The summed E-state index contributed by atoms with van der Waals surface area (Å²) >= 11 is 0. The molecule has 4 nitrogen and oxygen atoms in total. The predicted octanol–water partition coefficient (Wildman–Crippen LogP) is 2.79. The van der Waals surface area contributed by atoms with Crippen LogP contribution in [0.1, 0.15) is 25.7 Å². The third kappa shape index (κ3) is 6.61. The number of carbonyl (C=O) groups excluding carboxylic acids is 1. The highest BCUT2D eigenvalue weighted by Crippen LogP contribution is 2.46. The number of carbonyl (C=O) groups is 1. The summed E-state index contributed by atoms with van der Waals surface area (Å²) in [6, 6.07) is 0. The van der Waals surface area contributed by atoms with Gasteiger partial charge in [-0.05, 0) is 19.3 Å². The molecule has 0 N–H and O–H groups in total. The van der Waals surface area contributed by atoms with Crippen molar-refractivity contribution in [1.82, 2.24) is 0 Å². The summed E-state index contributed by atoms with van der Waals surface area (Å²) in [6.07, 6.45) is 4.73. The van der Waals surface area contributed by atoms with E-state index in [0.717, 1.165) is 19.3 Å². The van der Waals surface area contributed by atoms with Crippen molar-refractivity contribution in [1.29, 1.82) is 0 Å². The van der Waals surface area contributed by atoms with Crippen LogP contribution in [0.4, 0.5) is 0 Å². The van der Waals surface area contributed by atoms with Gasteiger partial charge in [0.15, 0.2) is 0 Å². The Morgan fingerprint density at radius 1 is 1.33 bits per heavy atom. The van der Waals surface area contributed by atoms with Crippen LogP contribution in [0, 0.1) is 0 Å². The van der Waals surface area contributed by atoms with Crippen LogP contribution in [0.3, 0.4) is 0 Å². The lowest BCUT2D eigenvalue weighted by Gasteiger charge is -2.12. The van der Waals surface area contributed by atoms with Gasteiger partial charge >= 0.3 is 7.60 Å². The Morgan fingerprint density at radius 2 is 1.93 bits per heavy atom. The van der Waals surface area contributed by atoms with Crippen LogP contribution in [0.5, 0.6) is 0 Å². The van der Waals surface area contributed by atoms with E-state index >= 15 is 0 Å². The second kappa shape index (κ2) is 7.80. The number of allylic oxidation sites excluding steroid dienone is 1. The molecule has 0 aliphatic heterocycles. The molecule has 0 fully saturated rings. The normalized spacial score (nSPS) is 11.3. The first-order valence-electron chi connectivity index (χ1n) is 4.91. The van der Waals surface area contributed by atoms with Crippen molar-refractivity contribution in [2.45, 2.75) is 25.7 Å². The summed E-state index contributed by atoms with van der Waals surface area (Å²) in [6.45, 7) is 3.59. The molecule has 0 aromatic carbocycles. The van der Waals surface area contributed by atoms with Crippen LogP contribution in [0.25, 0.3) is 0 Å². The molecule has 0 radical (unpaired) electrons. The lowest BCUT2D eigenvalue weighted by molar-refractivity contribution is -0.117. The van der Waals surface area contributed by atoms with E-state index < -0.39 is 7.60 Å². The second-order valence-electron chi connectivity index (χ2n) is 3.21. The molecule has 0 saturated heterocycles. The summed E-state index contributed by atoms with van der Waals surface area (Å²) in [7, 11) is -0.589. The van der Waals surface area contributed by atoms with Gasteiger partial charge in [-0.3, -0.25) is 9.36 Å². The van der Waals surface area contributed by atoms with E-state index in [1.165, 1.54) is 14.2 Å². The van der Waals surface area contributed by atoms with E-state index in [1.807, 2.05) is 6.08 Å². The molecule has 0 unspecified atom stereocenters. The van der Waals surface area contributed by atoms with Crippen molar-refractivity contribution in [3.8, 4) is 0 Å². The van der Waals surface area contributed by atoms with Crippen LogP contribution in [0.2, 0.25) is 0 Å². The van der Waals surface area contributed by atoms with Gasteiger partial charge in [0.2, 0.25) is 0 Å². The van der Waals surface area contributed by atoms with Gasteiger partial charge in [0.1, 0.15) is 11.9 Å². The molecule has 0 atom stereocenters. The molecule has 0 aromatic rings. The molecule has 0 heterocycles. The fourth-order valence-corrected chi connectivity index (χ4v) is 2.11. The monoisotopic (exact) mass is 234 g/mol. The number of ketones is 1. The zero-order chi connectivity index (χ0) is 11.7. The van der Waals surface area contributed by atoms with Crippen LogP contribution in [-0.2, 0) is 18.4 Å². The van der Waals surface area contributed by atoms with Crippen LogP contribution >= 0.6 is 7.60 Å². The van der Waals surface area contributed by atoms with Crippen molar-refractivity contribution < 1.29 is 18.4 Å². The summed E-state index contributed by atoms with van der Waals surface area (Å²) in [5.41, 5.74) is 0. The third-order valence-electron chi connectivity index (χ3n) is 2.04. The van der Waals surface area contributed by atoms with Gasteiger partial charge in [-0.2, -0.15) is 0 Å². The smallest absolute Gasteiger partial charge is 0.312 e. The van der Waals surface area contributed by atoms with Crippen molar-refractivity contribution in [2.24, 2.45) is 0 Å². The Morgan fingerprint density at radius 3 is 2.40 bits per heavy atom. The maximum Gasteiger partial charge on any atom is 0.337 e. The standard InChI is InChI=1S/C10H19O4P/c1-4-5-6-7-8-10(11)9-15(12,13-2)14-3/h4H,1,5-9H2,2-3H3. The molecule has 0 aliphatic rings. The molecule has 5 heteroatoms. The highest BCUT2D eigenvalue weighted by molar-refractivity contribution is 7.54. The van der Waals surface area contributed by atoms with Gasteiger partial charge in [0.25, 0.3) is 0 Å². The van der Waals surface area contributed by atoms with Crippen molar-refractivity contribution in [3.05, 3.63) is 12.7 Å². The third-order valence-corrected chi connectivity index (χ3v) is 3.89. The second-order valence-corrected chi connectivity index (χ2v) is 5.48. The van der Waals surface area contributed by atoms with Crippen molar-refractivity contribution in [2.75, 3.05) is 20.4 Å². The van der Waals surface area contributed by atoms with Crippen LogP contribution in [-0.4, -0.2) is 26.2 Å². The van der Waals surface area contributed by atoms with Gasteiger partial charge in [-0.25, -0.2) is 0 Å². The van der Waals surface area contributed by atoms with E-state index in [-0.39, 0.29) is 11.9 Å². The van der Waals surface area contributed by atoms with Gasteiger partial charge in [-0.1, -0.05) is 6.08 Å². The molecule has 0 aliphatic carbocycles. The molecular weight excluding hydrogens is 215 g/mol. The average Bonchev–Trinajstić information content (AvgIpc) is 2.24. The minimum atomic E-state index is -3.16. The van der Waals surface area contributed by atoms with E-state index in [2.05, 4.69) is 15.6 Å². The molecular formula is C10H19O4P. The van der Waals surface area contributed by atoms with E-state index in [0.29, 0.717) is 6.42 Å². The Kier molecular flexibility index (Phi) is 7.57. The zero-order valence-electron chi connectivity index (χ0n) is 9.40. The summed E-state index contributed by atoms with van der Waals surface area (Å²) in [5, 5.41) is 0. The first kappa shape index (κ1) is 14.6. The maximum atomic E-state index is 11.6. The number of unbranched alkanes of at least 4 members (excludes halogenated alkanes) is 2. The first-order chi connectivity index (χ1) is 7.08.